The minimum Gasteiger partial charge on any atom is -0.507 e. The first-order valence-corrected chi connectivity index (χ1v) is 7.10. The standard InChI is InChI=1S/C14H19NO2S/c1-10(16)12-5-4-11(8-13(12)17)15-6-7-18-14(2,3)9-15/h4-5,8,17H,6-7,9H2,1-3H3. The van der Waals surface area contributed by atoms with Crippen molar-refractivity contribution in [3.05, 3.63) is 23.8 Å². The van der Waals surface area contributed by atoms with E-state index in [1.165, 1.54) is 6.92 Å². The number of Topliss-reactive ketones (excluding diaryl/α,β-unsaturated/α-hetero) is 1. The molecule has 0 aliphatic carbocycles. The third-order valence-corrected chi connectivity index (χ3v) is 4.45. The molecule has 4 heteroatoms. The molecule has 2 rings (SSSR count). The molecule has 0 aromatic heterocycles. The number of anilines is 1. The first kappa shape index (κ1) is 13.3. The zero-order valence-electron chi connectivity index (χ0n) is 11.1. The summed E-state index contributed by atoms with van der Waals surface area (Å²) in [4.78, 5) is 13.5. The van der Waals surface area contributed by atoms with Gasteiger partial charge in [0.05, 0.1) is 5.56 Å². The third kappa shape index (κ3) is 2.80. The Kier molecular flexibility index (Phi) is 3.57. The number of carbonyl (C=O) groups is 1. The molecule has 0 bridgehead atoms. The molecule has 0 radical (unpaired) electrons. The van der Waals surface area contributed by atoms with E-state index >= 15 is 0 Å². The Morgan fingerprint density at radius 3 is 2.72 bits per heavy atom. The second kappa shape index (κ2) is 4.84. The van der Waals surface area contributed by atoms with Crippen LogP contribution in [0.15, 0.2) is 18.2 Å². The lowest BCUT2D eigenvalue weighted by atomic mass is 10.1. The fraction of sp³-hybridized carbons (Fsp3) is 0.500. The summed E-state index contributed by atoms with van der Waals surface area (Å²) in [7, 11) is 0. The Morgan fingerprint density at radius 1 is 1.44 bits per heavy atom. The van der Waals surface area contributed by atoms with Crippen molar-refractivity contribution in [3.63, 3.8) is 0 Å². The minimum atomic E-state index is -0.103. The van der Waals surface area contributed by atoms with Crippen molar-refractivity contribution in [1.29, 1.82) is 0 Å². The molecule has 0 spiro atoms. The maximum atomic E-state index is 11.3. The van der Waals surface area contributed by atoms with E-state index in [4.69, 9.17) is 0 Å². The van der Waals surface area contributed by atoms with Gasteiger partial charge >= 0.3 is 0 Å². The largest absolute Gasteiger partial charge is 0.507 e. The van der Waals surface area contributed by atoms with Gasteiger partial charge in [0.25, 0.3) is 0 Å². The van der Waals surface area contributed by atoms with Gasteiger partial charge in [-0.25, -0.2) is 0 Å². The fourth-order valence-electron chi connectivity index (χ4n) is 2.25. The Bertz CT molecular complexity index is 471. The molecule has 1 heterocycles. The number of aromatic hydroxyl groups is 1. The van der Waals surface area contributed by atoms with Gasteiger partial charge in [0.1, 0.15) is 5.75 Å². The zero-order valence-corrected chi connectivity index (χ0v) is 11.9. The number of rotatable bonds is 2. The maximum Gasteiger partial charge on any atom is 0.163 e. The molecule has 1 saturated heterocycles. The van der Waals surface area contributed by atoms with E-state index in [1.54, 1.807) is 12.1 Å². The quantitative estimate of drug-likeness (QED) is 0.835. The first-order chi connectivity index (χ1) is 8.39. The monoisotopic (exact) mass is 265 g/mol. The molecular formula is C14H19NO2S. The summed E-state index contributed by atoms with van der Waals surface area (Å²) >= 11 is 1.97. The summed E-state index contributed by atoms with van der Waals surface area (Å²) in [5.41, 5.74) is 1.38. The van der Waals surface area contributed by atoms with Crippen molar-refractivity contribution in [2.45, 2.75) is 25.5 Å². The van der Waals surface area contributed by atoms with Gasteiger partial charge in [0, 0.05) is 35.3 Å². The molecule has 1 fully saturated rings. The number of nitrogens with zero attached hydrogens (tertiary/aromatic N) is 1. The summed E-state index contributed by atoms with van der Waals surface area (Å²) in [6, 6.07) is 5.33. The van der Waals surface area contributed by atoms with Gasteiger partial charge in [0.15, 0.2) is 5.78 Å². The van der Waals surface area contributed by atoms with Gasteiger partial charge in [-0.3, -0.25) is 4.79 Å². The summed E-state index contributed by atoms with van der Waals surface area (Å²) < 4.78 is 0.229. The Morgan fingerprint density at radius 2 is 2.17 bits per heavy atom. The second-order valence-corrected chi connectivity index (χ2v) is 7.09. The topological polar surface area (TPSA) is 40.5 Å². The second-order valence-electron chi connectivity index (χ2n) is 5.29. The number of carbonyl (C=O) groups excluding carboxylic acids is 1. The number of phenols is 1. The summed E-state index contributed by atoms with van der Waals surface area (Å²) in [5, 5.41) is 9.87. The van der Waals surface area contributed by atoms with Crippen molar-refractivity contribution < 1.29 is 9.90 Å². The van der Waals surface area contributed by atoms with Crippen LogP contribution in [0.2, 0.25) is 0 Å². The van der Waals surface area contributed by atoms with Crippen molar-refractivity contribution >= 4 is 23.2 Å². The fourth-order valence-corrected chi connectivity index (χ4v) is 3.36. The highest BCUT2D eigenvalue weighted by Gasteiger charge is 2.27. The number of thioether (sulfide) groups is 1. The van der Waals surface area contributed by atoms with Crippen LogP contribution in [0.3, 0.4) is 0 Å². The van der Waals surface area contributed by atoms with Crippen LogP contribution in [0.4, 0.5) is 5.69 Å². The molecule has 3 nitrogen and oxygen atoms in total. The molecule has 1 aliphatic rings. The third-order valence-electron chi connectivity index (χ3n) is 3.15. The average molecular weight is 265 g/mol. The molecular weight excluding hydrogens is 246 g/mol. The van der Waals surface area contributed by atoms with E-state index in [9.17, 15) is 9.90 Å². The highest BCUT2D eigenvalue weighted by atomic mass is 32.2. The predicted octanol–water partition coefficient (Wildman–Crippen LogP) is 2.93. The molecule has 0 amide bonds. The molecule has 0 unspecified atom stereocenters. The lowest BCUT2D eigenvalue weighted by Gasteiger charge is -2.39. The lowest BCUT2D eigenvalue weighted by Crippen LogP contribution is -2.43. The minimum absolute atomic E-state index is 0.0797. The van der Waals surface area contributed by atoms with Crippen LogP contribution in [0.5, 0.6) is 5.75 Å². The van der Waals surface area contributed by atoms with E-state index in [2.05, 4.69) is 18.7 Å². The molecule has 1 aromatic rings. The predicted molar refractivity (Wildman–Crippen MR) is 76.9 cm³/mol. The smallest absolute Gasteiger partial charge is 0.163 e. The van der Waals surface area contributed by atoms with Gasteiger partial charge in [0.2, 0.25) is 0 Å². The SMILES string of the molecule is CC(=O)c1ccc(N2CCSC(C)(C)C2)cc1O. The van der Waals surface area contributed by atoms with Crippen molar-refractivity contribution in [2.75, 3.05) is 23.7 Å². The number of hydrogen-bond acceptors (Lipinski definition) is 4. The van der Waals surface area contributed by atoms with Crippen LogP contribution >= 0.6 is 11.8 Å². The number of benzene rings is 1. The van der Waals surface area contributed by atoms with Crippen molar-refractivity contribution in [3.8, 4) is 5.75 Å². The summed E-state index contributed by atoms with van der Waals surface area (Å²) in [5.74, 6) is 1.06. The Balaban J connectivity index is 2.24. The Labute approximate surface area is 112 Å². The van der Waals surface area contributed by atoms with Crippen molar-refractivity contribution in [2.24, 2.45) is 0 Å². The number of hydrogen-bond donors (Lipinski definition) is 1. The van der Waals surface area contributed by atoms with E-state index in [0.29, 0.717) is 5.56 Å². The van der Waals surface area contributed by atoms with Crippen LogP contribution in [0.1, 0.15) is 31.1 Å². The summed E-state index contributed by atoms with van der Waals surface area (Å²) in [6.45, 7) is 7.86. The van der Waals surface area contributed by atoms with E-state index in [0.717, 1.165) is 24.5 Å². The normalized spacial score (nSPS) is 18.7. The summed E-state index contributed by atoms with van der Waals surface area (Å²) in [6.07, 6.45) is 0. The number of ketones is 1. The highest BCUT2D eigenvalue weighted by molar-refractivity contribution is 8.00. The van der Waals surface area contributed by atoms with E-state index in [1.807, 2.05) is 17.8 Å². The Hall–Kier alpha value is -1.16. The van der Waals surface area contributed by atoms with E-state index < -0.39 is 0 Å². The van der Waals surface area contributed by atoms with Crippen LogP contribution in [0, 0.1) is 0 Å². The van der Waals surface area contributed by atoms with Gasteiger partial charge in [-0.05, 0) is 32.9 Å². The van der Waals surface area contributed by atoms with Crippen LogP contribution in [-0.2, 0) is 0 Å². The number of phenolic OH excluding ortho intramolecular Hbond substituents is 1. The molecule has 0 saturated carbocycles. The highest BCUT2D eigenvalue weighted by Crippen LogP contribution is 2.33. The molecule has 1 N–H and O–H groups in total. The van der Waals surface area contributed by atoms with Crippen LogP contribution in [-0.4, -0.2) is 34.5 Å². The molecule has 18 heavy (non-hydrogen) atoms. The van der Waals surface area contributed by atoms with Gasteiger partial charge in [-0.1, -0.05) is 0 Å². The van der Waals surface area contributed by atoms with Crippen LogP contribution < -0.4 is 4.90 Å². The van der Waals surface area contributed by atoms with Crippen molar-refractivity contribution in [1.82, 2.24) is 0 Å². The van der Waals surface area contributed by atoms with Gasteiger partial charge in [-0.15, -0.1) is 0 Å². The van der Waals surface area contributed by atoms with Crippen LogP contribution in [0.25, 0.3) is 0 Å². The maximum absolute atomic E-state index is 11.3. The van der Waals surface area contributed by atoms with Gasteiger partial charge < -0.3 is 10.0 Å². The molecule has 98 valence electrons. The van der Waals surface area contributed by atoms with Gasteiger partial charge in [-0.2, -0.15) is 11.8 Å². The average Bonchev–Trinajstić information content (AvgIpc) is 2.27. The molecule has 1 aromatic carbocycles. The molecule has 0 atom stereocenters. The first-order valence-electron chi connectivity index (χ1n) is 6.12. The van der Waals surface area contributed by atoms with E-state index in [-0.39, 0.29) is 16.3 Å². The lowest BCUT2D eigenvalue weighted by molar-refractivity contribution is 0.101. The molecule has 1 aliphatic heterocycles. The zero-order chi connectivity index (χ0) is 13.3.